The van der Waals surface area contributed by atoms with Crippen LogP contribution in [0.3, 0.4) is 0 Å². The number of hydrogen-bond donors (Lipinski definition) is 1. The van der Waals surface area contributed by atoms with Crippen molar-refractivity contribution in [1.82, 2.24) is 10.2 Å². The van der Waals surface area contributed by atoms with Crippen molar-refractivity contribution in [2.75, 3.05) is 30.9 Å². The molecule has 1 unspecified atom stereocenters. The van der Waals surface area contributed by atoms with Crippen molar-refractivity contribution < 1.29 is 12.8 Å². The topological polar surface area (TPSA) is 62.6 Å². The summed E-state index contributed by atoms with van der Waals surface area (Å²) in [7, 11) is -3.06. The van der Waals surface area contributed by atoms with Crippen molar-refractivity contribution in [3.8, 4) is 0 Å². The van der Waals surface area contributed by atoms with Gasteiger partial charge in [-0.1, -0.05) is 6.92 Å². The van der Waals surface area contributed by atoms with Gasteiger partial charge >= 0.3 is 0 Å². The molecule has 120 valence electrons. The van der Waals surface area contributed by atoms with Crippen molar-refractivity contribution in [3.05, 3.63) is 23.7 Å². The normalized spacial score (nSPS) is 20.8. The van der Waals surface area contributed by atoms with Crippen molar-refractivity contribution in [3.63, 3.8) is 0 Å². The Morgan fingerprint density at radius 1 is 1.52 bits per heavy atom. The summed E-state index contributed by atoms with van der Waals surface area (Å²) in [6.45, 7) is 5.22. The van der Waals surface area contributed by atoms with E-state index in [4.69, 9.17) is 4.42 Å². The fourth-order valence-electron chi connectivity index (χ4n) is 2.44. The third-order valence-electron chi connectivity index (χ3n) is 3.61. The minimum Gasteiger partial charge on any atom is -0.468 e. The Kier molecular flexibility index (Phi) is 6.16. The van der Waals surface area contributed by atoms with Crippen LogP contribution in [0.15, 0.2) is 16.7 Å². The number of sulfone groups is 1. The van der Waals surface area contributed by atoms with Gasteiger partial charge in [0.2, 0.25) is 0 Å². The third-order valence-corrected chi connectivity index (χ3v) is 6.30. The first-order chi connectivity index (χ1) is 10.0. The summed E-state index contributed by atoms with van der Waals surface area (Å²) in [5.74, 6) is 2.48. The molecule has 1 aliphatic heterocycles. The molecule has 1 aromatic rings. The van der Waals surface area contributed by atoms with E-state index in [9.17, 15) is 8.42 Å². The zero-order valence-electron chi connectivity index (χ0n) is 12.7. The van der Waals surface area contributed by atoms with Crippen LogP contribution >= 0.6 is 11.8 Å². The van der Waals surface area contributed by atoms with Crippen molar-refractivity contribution in [2.24, 2.45) is 0 Å². The second kappa shape index (κ2) is 7.67. The van der Waals surface area contributed by atoms with E-state index in [1.54, 1.807) is 18.0 Å². The van der Waals surface area contributed by atoms with Crippen LogP contribution < -0.4 is 5.32 Å². The maximum Gasteiger partial charge on any atom is 0.164 e. The molecule has 1 fully saturated rings. The molecule has 0 saturated carbocycles. The average molecular weight is 332 g/mol. The van der Waals surface area contributed by atoms with Gasteiger partial charge in [-0.25, -0.2) is 8.42 Å². The van der Waals surface area contributed by atoms with Gasteiger partial charge in [0.15, 0.2) is 9.84 Å². The molecule has 0 amide bonds. The summed E-state index contributed by atoms with van der Waals surface area (Å²) in [4.78, 5) is 2.02. The van der Waals surface area contributed by atoms with Gasteiger partial charge in [0.1, 0.15) is 11.1 Å². The molecule has 1 atom stereocenters. The Labute approximate surface area is 131 Å². The van der Waals surface area contributed by atoms with E-state index in [1.165, 1.54) is 6.26 Å². The van der Waals surface area contributed by atoms with Crippen LogP contribution in [0.4, 0.5) is 0 Å². The lowest BCUT2D eigenvalue weighted by Gasteiger charge is -2.33. The molecule has 21 heavy (non-hydrogen) atoms. The zero-order chi connectivity index (χ0) is 15.3. The average Bonchev–Trinajstić information content (AvgIpc) is 2.86. The predicted octanol–water partition coefficient (Wildman–Crippen LogP) is 1.70. The summed E-state index contributed by atoms with van der Waals surface area (Å²) < 4.78 is 29.4. The Morgan fingerprint density at radius 2 is 2.33 bits per heavy atom. The van der Waals surface area contributed by atoms with E-state index in [1.807, 2.05) is 11.0 Å². The smallest absolute Gasteiger partial charge is 0.164 e. The monoisotopic (exact) mass is 332 g/mol. The van der Waals surface area contributed by atoms with Gasteiger partial charge in [0.05, 0.1) is 12.8 Å². The van der Waals surface area contributed by atoms with Crippen LogP contribution in [-0.2, 0) is 22.9 Å². The van der Waals surface area contributed by atoms with E-state index in [-0.39, 0.29) is 0 Å². The molecule has 5 nitrogen and oxygen atoms in total. The summed E-state index contributed by atoms with van der Waals surface area (Å²) in [5.41, 5.74) is 1.12. The minimum atomic E-state index is -3.06. The van der Waals surface area contributed by atoms with Crippen LogP contribution in [0.2, 0.25) is 0 Å². The van der Waals surface area contributed by atoms with Gasteiger partial charge in [-0.05, 0) is 19.0 Å². The standard InChI is InChI=1S/C14H24N2O3S2/c1-3-5-15-9-12-4-7-19-13(12)10-16-6-8-20-11-14(16)21(2,17)18/h4,7,14-15H,3,5-6,8-11H2,1-2H3. The number of rotatable bonds is 7. The number of thioether (sulfide) groups is 1. The molecular weight excluding hydrogens is 308 g/mol. The molecule has 2 heterocycles. The molecule has 0 aromatic carbocycles. The molecule has 0 radical (unpaired) electrons. The quantitative estimate of drug-likeness (QED) is 0.767. The lowest BCUT2D eigenvalue weighted by Crippen LogP contribution is -2.46. The van der Waals surface area contributed by atoms with Crippen molar-refractivity contribution in [1.29, 1.82) is 0 Å². The highest BCUT2D eigenvalue weighted by atomic mass is 32.2. The molecule has 1 N–H and O–H groups in total. The highest BCUT2D eigenvalue weighted by molar-refractivity contribution is 8.00. The van der Waals surface area contributed by atoms with Crippen LogP contribution in [0.5, 0.6) is 0 Å². The number of nitrogens with one attached hydrogen (secondary N) is 1. The van der Waals surface area contributed by atoms with E-state index >= 15 is 0 Å². The van der Waals surface area contributed by atoms with Crippen molar-refractivity contribution >= 4 is 21.6 Å². The van der Waals surface area contributed by atoms with Gasteiger partial charge < -0.3 is 9.73 Å². The highest BCUT2D eigenvalue weighted by Crippen LogP contribution is 2.23. The minimum absolute atomic E-state index is 0.405. The fourth-order valence-corrected chi connectivity index (χ4v) is 5.38. The summed E-state index contributed by atoms with van der Waals surface area (Å²) in [6, 6.07) is 1.96. The fraction of sp³-hybridized carbons (Fsp3) is 0.714. The van der Waals surface area contributed by atoms with E-state index in [0.29, 0.717) is 12.3 Å². The molecule has 0 spiro atoms. The van der Waals surface area contributed by atoms with Crippen LogP contribution in [0, 0.1) is 0 Å². The second-order valence-corrected chi connectivity index (χ2v) is 8.73. The number of nitrogens with zero attached hydrogens (tertiary/aromatic N) is 1. The molecule has 1 aliphatic rings. The Hall–Kier alpha value is -0.500. The first-order valence-electron chi connectivity index (χ1n) is 7.29. The maximum atomic E-state index is 11.9. The Bertz CT molecular complexity index is 542. The van der Waals surface area contributed by atoms with Gasteiger partial charge in [-0.3, -0.25) is 4.90 Å². The van der Waals surface area contributed by atoms with Crippen LogP contribution in [0.1, 0.15) is 24.7 Å². The SMILES string of the molecule is CCCNCc1ccoc1CN1CCSCC1S(C)(=O)=O. The van der Waals surface area contributed by atoms with E-state index in [0.717, 1.165) is 43.1 Å². The summed E-state index contributed by atoms with van der Waals surface area (Å²) >= 11 is 1.70. The Balaban J connectivity index is 2.04. The summed E-state index contributed by atoms with van der Waals surface area (Å²) in [6.07, 6.45) is 4.10. The molecular formula is C14H24N2O3S2. The third kappa shape index (κ3) is 4.74. The summed E-state index contributed by atoms with van der Waals surface area (Å²) in [5, 5.41) is 2.95. The lowest BCUT2D eigenvalue weighted by molar-refractivity contribution is 0.239. The van der Waals surface area contributed by atoms with Gasteiger partial charge in [0.25, 0.3) is 0 Å². The molecule has 0 aliphatic carbocycles. The van der Waals surface area contributed by atoms with E-state index < -0.39 is 15.2 Å². The second-order valence-electron chi connectivity index (χ2n) is 5.38. The van der Waals surface area contributed by atoms with Crippen molar-refractivity contribution in [2.45, 2.75) is 31.8 Å². The molecule has 7 heteroatoms. The molecule has 1 saturated heterocycles. The first kappa shape index (κ1) is 16.9. The zero-order valence-corrected chi connectivity index (χ0v) is 14.3. The van der Waals surface area contributed by atoms with Gasteiger partial charge in [0, 0.05) is 36.4 Å². The maximum absolute atomic E-state index is 11.9. The van der Waals surface area contributed by atoms with Crippen LogP contribution in [-0.4, -0.2) is 49.5 Å². The Morgan fingerprint density at radius 3 is 3.05 bits per heavy atom. The predicted molar refractivity (Wildman–Crippen MR) is 87.1 cm³/mol. The first-order valence-corrected chi connectivity index (χ1v) is 10.4. The molecule has 2 rings (SSSR count). The van der Waals surface area contributed by atoms with Gasteiger partial charge in [-0.2, -0.15) is 11.8 Å². The lowest BCUT2D eigenvalue weighted by atomic mass is 10.2. The highest BCUT2D eigenvalue weighted by Gasteiger charge is 2.31. The number of hydrogen-bond acceptors (Lipinski definition) is 6. The molecule has 1 aromatic heterocycles. The molecule has 0 bridgehead atoms. The largest absolute Gasteiger partial charge is 0.468 e. The van der Waals surface area contributed by atoms with Crippen LogP contribution in [0.25, 0.3) is 0 Å². The number of furan rings is 1. The van der Waals surface area contributed by atoms with Gasteiger partial charge in [-0.15, -0.1) is 0 Å². The van der Waals surface area contributed by atoms with E-state index in [2.05, 4.69) is 12.2 Å².